The predicted octanol–water partition coefficient (Wildman–Crippen LogP) is 2.96. The molecule has 0 saturated carbocycles. The zero-order chi connectivity index (χ0) is 33.1. The van der Waals surface area contributed by atoms with Gasteiger partial charge in [0.05, 0.1) is 35.3 Å². The number of nitrogens with one attached hydrogen (secondary N) is 2. The quantitative estimate of drug-likeness (QED) is 0.291. The van der Waals surface area contributed by atoms with Crippen molar-refractivity contribution >= 4 is 38.7 Å². The van der Waals surface area contributed by atoms with Crippen molar-refractivity contribution in [1.82, 2.24) is 34.3 Å². The first-order chi connectivity index (χ1) is 22.6. The molecule has 2 aromatic heterocycles. The molecule has 2 N–H and O–H groups in total. The zero-order valence-electron chi connectivity index (χ0n) is 26.3. The van der Waals surface area contributed by atoms with Crippen LogP contribution in [0.15, 0.2) is 30.6 Å². The monoisotopic (exact) mass is 674 g/mol. The molecule has 2 amide bonds. The Kier molecular flexibility index (Phi) is 9.98. The lowest BCUT2D eigenvalue weighted by atomic mass is 9.88. The zero-order valence-corrected chi connectivity index (χ0v) is 27.1. The number of anilines is 1. The van der Waals surface area contributed by atoms with E-state index in [2.05, 4.69) is 47.5 Å². The van der Waals surface area contributed by atoms with E-state index in [0.717, 1.165) is 36.8 Å². The fraction of sp³-hybridized carbons (Fsp3) is 0.581. The molecular formula is C31H40F2N8O5S. The summed E-state index contributed by atoms with van der Waals surface area (Å²) in [6.07, 6.45) is 6.89. The highest BCUT2D eigenvalue weighted by atomic mass is 32.2. The van der Waals surface area contributed by atoms with Crippen molar-refractivity contribution in [1.29, 1.82) is 0 Å². The van der Waals surface area contributed by atoms with Gasteiger partial charge in [0.25, 0.3) is 0 Å². The van der Waals surface area contributed by atoms with E-state index in [4.69, 9.17) is 0 Å². The summed E-state index contributed by atoms with van der Waals surface area (Å²) in [5, 5.41) is 11.2. The molecular weight excluding hydrogens is 634 g/mol. The average Bonchev–Trinajstić information content (AvgIpc) is 3.37. The molecule has 254 valence electrons. The Morgan fingerprint density at radius 3 is 2.57 bits per heavy atom. The fourth-order valence-corrected chi connectivity index (χ4v) is 8.43. The number of likely N-dealkylation sites (tertiary alicyclic amines) is 1. The maximum absolute atomic E-state index is 13.1. The van der Waals surface area contributed by atoms with Crippen LogP contribution < -0.4 is 15.4 Å². The van der Waals surface area contributed by atoms with Crippen molar-refractivity contribution in [2.24, 2.45) is 7.05 Å². The van der Waals surface area contributed by atoms with E-state index in [0.29, 0.717) is 63.4 Å². The minimum Gasteiger partial charge on any atom is -0.432 e. The van der Waals surface area contributed by atoms with Gasteiger partial charge in [0.2, 0.25) is 27.8 Å². The molecule has 0 aliphatic carbocycles. The number of fused-ring (bicyclic) bond motifs is 1. The second-order valence-electron chi connectivity index (χ2n) is 12.5. The van der Waals surface area contributed by atoms with E-state index in [9.17, 15) is 26.8 Å². The lowest BCUT2D eigenvalue weighted by Crippen LogP contribution is -2.44. The number of hydrogen-bond acceptors (Lipinski definition) is 10. The van der Waals surface area contributed by atoms with Crippen LogP contribution in [0, 0.1) is 0 Å². The molecule has 5 heterocycles. The Bertz CT molecular complexity index is 1700. The normalized spacial score (nSPS) is 22.1. The topological polar surface area (TPSA) is 152 Å². The number of ether oxygens (including phenoxy) is 1. The first-order valence-corrected chi connectivity index (χ1v) is 17.7. The summed E-state index contributed by atoms with van der Waals surface area (Å²) in [6.45, 7) is 0.305. The van der Waals surface area contributed by atoms with E-state index in [-0.39, 0.29) is 35.3 Å². The van der Waals surface area contributed by atoms with Crippen molar-refractivity contribution in [2.45, 2.75) is 69.4 Å². The van der Waals surface area contributed by atoms with Crippen molar-refractivity contribution in [3.63, 3.8) is 0 Å². The number of alkyl halides is 2. The minimum absolute atomic E-state index is 0.0248. The number of carbonyl (C=O) groups excluding carboxylic acids is 2. The second kappa shape index (κ2) is 14.2. The number of benzene rings is 1. The van der Waals surface area contributed by atoms with E-state index in [1.54, 1.807) is 4.31 Å². The number of halogens is 2. The predicted molar refractivity (Wildman–Crippen MR) is 170 cm³/mol. The molecule has 0 bridgehead atoms. The van der Waals surface area contributed by atoms with E-state index in [1.165, 1.54) is 18.0 Å². The summed E-state index contributed by atoms with van der Waals surface area (Å²) < 4.78 is 58.6. The number of aryl methyl sites for hydroxylation is 1. The van der Waals surface area contributed by atoms with Gasteiger partial charge in [-0.05, 0) is 69.2 Å². The van der Waals surface area contributed by atoms with Crippen LogP contribution in [0.4, 0.5) is 14.7 Å². The lowest BCUT2D eigenvalue weighted by Gasteiger charge is -2.34. The molecule has 13 nitrogen and oxygen atoms in total. The van der Waals surface area contributed by atoms with Crippen LogP contribution in [-0.4, -0.2) is 100 Å². The standard InChI is InChI=1S/C31H40F2N8O5S/c1-39-26-16-20(5-6-24(26)28(38-39)25-7-8-27(42)37-29(25)43)21-4-2-11-40(19-21)12-3-15-47(44,45)41-13-9-22(10-14-41)36-31-34-17-23(18-35-31)46-30(32)33/h5-6,16-18,21-22,25,30H,2-4,7-15,19H2,1H3,(H,34,35,36)(H,37,42,43). The summed E-state index contributed by atoms with van der Waals surface area (Å²) in [7, 11) is -1.53. The number of nitrogens with zero attached hydrogens (tertiary/aromatic N) is 6. The van der Waals surface area contributed by atoms with Gasteiger partial charge in [0, 0.05) is 44.5 Å². The largest absolute Gasteiger partial charge is 0.432 e. The Balaban J connectivity index is 0.978. The van der Waals surface area contributed by atoms with Crippen LogP contribution >= 0.6 is 0 Å². The number of carbonyl (C=O) groups is 2. The highest BCUT2D eigenvalue weighted by Gasteiger charge is 2.32. The van der Waals surface area contributed by atoms with Crippen LogP contribution in [0.3, 0.4) is 0 Å². The van der Waals surface area contributed by atoms with Crippen LogP contribution in [0.1, 0.15) is 68.0 Å². The third-order valence-electron chi connectivity index (χ3n) is 9.36. The minimum atomic E-state index is -3.40. The van der Waals surface area contributed by atoms with Crippen LogP contribution in [0.25, 0.3) is 10.9 Å². The maximum Gasteiger partial charge on any atom is 0.387 e. The van der Waals surface area contributed by atoms with Gasteiger partial charge in [-0.2, -0.15) is 13.9 Å². The molecule has 3 aliphatic heterocycles. The van der Waals surface area contributed by atoms with Gasteiger partial charge in [-0.25, -0.2) is 22.7 Å². The Hall–Kier alpha value is -3.76. The van der Waals surface area contributed by atoms with Gasteiger partial charge >= 0.3 is 6.61 Å². The maximum atomic E-state index is 13.1. The van der Waals surface area contributed by atoms with Crippen LogP contribution in [0.2, 0.25) is 0 Å². The van der Waals surface area contributed by atoms with Gasteiger partial charge in [-0.3, -0.25) is 19.6 Å². The molecule has 0 radical (unpaired) electrons. The van der Waals surface area contributed by atoms with Gasteiger partial charge in [-0.15, -0.1) is 0 Å². The van der Waals surface area contributed by atoms with Crippen molar-refractivity contribution in [2.75, 3.05) is 43.8 Å². The number of piperidine rings is 3. The van der Waals surface area contributed by atoms with Gasteiger partial charge in [0.15, 0.2) is 5.75 Å². The third-order valence-corrected chi connectivity index (χ3v) is 11.3. The highest BCUT2D eigenvalue weighted by Crippen LogP contribution is 2.34. The van der Waals surface area contributed by atoms with E-state index < -0.39 is 22.6 Å². The summed E-state index contributed by atoms with van der Waals surface area (Å²) in [6, 6.07) is 6.27. The fourth-order valence-electron chi connectivity index (χ4n) is 6.91. The van der Waals surface area contributed by atoms with E-state index in [1.807, 2.05) is 17.8 Å². The molecule has 16 heteroatoms. The summed E-state index contributed by atoms with van der Waals surface area (Å²) in [4.78, 5) is 34.5. The molecule has 3 aromatic rings. The SMILES string of the molecule is Cn1nc(C2CCC(=O)NC2=O)c2ccc(C3CCCN(CCCS(=O)(=O)N4CCC(Nc5ncc(OC(F)F)cn5)CC4)C3)cc21. The summed E-state index contributed by atoms with van der Waals surface area (Å²) in [5.41, 5.74) is 2.86. The van der Waals surface area contributed by atoms with Gasteiger partial charge in [0.1, 0.15) is 0 Å². The molecule has 3 aliphatic rings. The molecule has 2 unspecified atom stereocenters. The van der Waals surface area contributed by atoms with Crippen LogP contribution in [0.5, 0.6) is 5.75 Å². The molecule has 47 heavy (non-hydrogen) atoms. The number of hydrogen-bond donors (Lipinski definition) is 2. The number of amides is 2. The molecule has 0 spiro atoms. The molecule has 3 fully saturated rings. The van der Waals surface area contributed by atoms with Crippen molar-refractivity contribution in [3.8, 4) is 5.75 Å². The lowest BCUT2D eigenvalue weighted by molar-refractivity contribution is -0.134. The molecule has 2 atom stereocenters. The second-order valence-corrected chi connectivity index (χ2v) is 14.6. The third kappa shape index (κ3) is 7.87. The van der Waals surface area contributed by atoms with Crippen LogP contribution in [-0.2, 0) is 26.7 Å². The van der Waals surface area contributed by atoms with E-state index >= 15 is 0 Å². The van der Waals surface area contributed by atoms with Gasteiger partial charge in [-0.1, -0.05) is 12.1 Å². The Morgan fingerprint density at radius 2 is 1.85 bits per heavy atom. The van der Waals surface area contributed by atoms with Crippen molar-refractivity contribution < 1.29 is 31.5 Å². The summed E-state index contributed by atoms with van der Waals surface area (Å²) >= 11 is 0. The number of imide groups is 1. The smallest absolute Gasteiger partial charge is 0.387 e. The first kappa shape index (κ1) is 33.2. The van der Waals surface area contributed by atoms with Crippen molar-refractivity contribution in [3.05, 3.63) is 41.9 Å². The highest BCUT2D eigenvalue weighted by molar-refractivity contribution is 7.89. The Labute approximate surface area is 272 Å². The first-order valence-electron chi connectivity index (χ1n) is 16.1. The molecule has 3 saturated heterocycles. The molecule has 6 rings (SSSR count). The molecule has 1 aromatic carbocycles. The number of sulfonamides is 1. The number of rotatable bonds is 11. The van der Waals surface area contributed by atoms with Gasteiger partial charge < -0.3 is 15.0 Å². The Morgan fingerprint density at radius 1 is 1.09 bits per heavy atom. The number of aromatic nitrogens is 4. The average molecular weight is 675 g/mol. The summed E-state index contributed by atoms with van der Waals surface area (Å²) in [5.74, 6) is -0.426.